The summed E-state index contributed by atoms with van der Waals surface area (Å²) in [7, 11) is 2.24. The lowest BCUT2D eigenvalue weighted by Crippen LogP contribution is -2.38. The second-order valence-corrected chi connectivity index (χ2v) is 4.75. The minimum Gasteiger partial charge on any atom is -0.340 e. The van der Waals surface area contributed by atoms with Crippen molar-refractivity contribution in [3.63, 3.8) is 0 Å². The van der Waals surface area contributed by atoms with Crippen molar-refractivity contribution < 1.29 is 4.52 Å². The molecule has 0 aliphatic carbocycles. The predicted octanol–water partition coefficient (Wildman–Crippen LogP) is 1.08. The van der Waals surface area contributed by atoms with E-state index in [2.05, 4.69) is 27.4 Å². The average molecular weight is 238 g/mol. The van der Waals surface area contributed by atoms with Gasteiger partial charge in [-0.25, -0.2) is 0 Å². The van der Waals surface area contributed by atoms with Crippen molar-refractivity contribution in [3.05, 3.63) is 12.2 Å². The maximum atomic E-state index is 4.94. The summed E-state index contributed by atoms with van der Waals surface area (Å²) in [5.74, 6) is 0.715. The van der Waals surface area contributed by atoms with E-state index in [0.29, 0.717) is 5.89 Å². The molecule has 1 fully saturated rings. The molecule has 1 unspecified atom stereocenters. The molecule has 5 nitrogen and oxygen atoms in total. The lowest BCUT2D eigenvalue weighted by atomic mass is 10.0. The molecule has 0 saturated carbocycles. The second kappa shape index (κ2) is 6.71. The Morgan fingerprint density at radius 3 is 3.18 bits per heavy atom. The third-order valence-electron chi connectivity index (χ3n) is 3.50. The number of likely N-dealkylation sites (tertiary alicyclic amines) is 1. The Morgan fingerprint density at radius 1 is 1.47 bits per heavy atom. The van der Waals surface area contributed by atoms with Gasteiger partial charge in [-0.05, 0) is 39.4 Å². The van der Waals surface area contributed by atoms with E-state index < -0.39 is 0 Å². The fourth-order valence-electron chi connectivity index (χ4n) is 2.40. The zero-order chi connectivity index (χ0) is 11.9. The summed E-state index contributed by atoms with van der Waals surface area (Å²) in [6.07, 6.45) is 7.60. The molecule has 0 amide bonds. The predicted molar refractivity (Wildman–Crippen MR) is 65.8 cm³/mol. The number of piperidine rings is 1. The molecule has 2 rings (SSSR count). The highest BCUT2D eigenvalue weighted by Crippen LogP contribution is 2.16. The summed E-state index contributed by atoms with van der Waals surface area (Å²) in [5, 5.41) is 7.02. The van der Waals surface area contributed by atoms with Crippen LogP contribution in [0.3, 0.4) is 0 Å². The van der Waals surface area contributed by atoms with Crippen LogP contribution in [0.2, 0.25) is 0 Å². The van der Waals surface area contributed by atoms with Crippen LogP contribution in [0.4, 0.5) is 0 Å². The molecule has 5 heteroatoms. The van der Waals surface area contributed by atoms with E-state index in [-0.39, 0.29) is 0 Å². The summed E-state index contributed by atoms with van der Waals surface area (Å²) >= 11 is 0. The average Bonchev–Trinajstić information content (AvgIpc) is 2.84. The molecule has 1 aromatic heterocycles. The fraction of sp³-hybridized carbons (Fsp3) is 0.833. The molecule has 1 N–H and O–H groups in total. The van der Waals surface area contributed by atoms with Crippen LogP contribution in [0.5, 0.6) is 0 Å². The number of rotatable bonds is 6. The zero-order valence-electron chi connectivity index (χ0n) is 10.6. The van der Waals surface area contributed by atoms with Crippen LogP contribution in [-0.4, -0.2) is 47.8 Å². The molecule has 0 aromatic carbocycles. The standard InChI is InChI=1S/C12H22N4O/c1-16-9-3-2-4-11(16)5-7-13-8-6-12-14-10-15-17-12/h10-11,13H,2-9H2,1H3. The minimum atomic E-state index is 0.715. The van der Waals surface area contributed by atoms with Crippen LogP contribution in [0.25, 0.3) is 0 Å². The number of hydrogen-bond acceptors (Lipinski definition) is 5. The number of aromatic nitrogens is 2. The highest BCUT2D eigenvalue weighted by atomic mass is 16.5. The first-order valence-electron chi connectivity index (χ1n) is 6.53. The van der Waals surface area contributed by atoms with Crippen molar-refractivity contribution in [3.8, 4) is 0 Å². The SMILES string of the molecule is CN1CCCCC1CCNCCc1ncno1. The van der Waals surface area contributed by atoms with Crippen molar-refractivity contribution in [1.82, 2.24) is 20.4 Å². The van der Waals surface area contributed by atoms with Crippen LogP contribution in [0.1, 0.15) is 31.6 Å². The molecule has 1 aromatic rings. The van der Waals surface area contributed by atoms with E-state index in [0.717, 1.165) is 25.6 Å². The summed E-state index contributed by atoms with van der Waals surface area (Å²) in [5.41, 5.74) is 0. The van der Waals surface area contributed by atoms with Gasteiger partial charge in [-0.1, -0.05) is 11.6 Å². The van der Waals surface area contributed by atoms with Gasteiger partial charge < -0.3 is 14.7 Å². The minimum absolute atomic E-state index is 0.715. The fourth-order valence-corrected chi connectivity index (χ4v) is 2.40. The lowest BCUT2D eigenvalue weighted by molar-refractivity contribution is 0.175. The van der Waals surface area contributed by atoms with E-state index in [4.69, 9.17) is 4.52 Å². The molecular formula is C12H22N4O. The van der Waals surface area contributed by atoms with E-state index in [1.54, 1.807) is 0 Å². The van der Waals surface area contributed by atoms with Crippen molar-refractivity contribution >= 4 is 0 Å². The third-order valence-corrected chi connectivity index (χ3v) is 3.50. The first-order valence-corrected chi connectivity index (χ1v) is 6.53. The number of nitrogens with one attached hydrogen (secondary N) is 1. The Bertz CT molecular complexity index is 301. The quantitative estimate of drug-likeness (QED) is 0.751. The van der Waals surface area contributed by atoms with Gasteiger partial charge in [0.15, 0.2) is 6.33 Å². The Morgan fingerprint density at radius 2 is 2.41 bits per heavy atom. The molecular weight excluding hydrogens is 216 g/mol. The van der Waals surface area contributed by atoms with Crippen molar-refractivity contribution in [1.29, 1.82) is 0 Å². The summed E-state index contributed by atoms with van der Waals surface area (Å²) in [4.78, 5) is 6.48. The van der Waals surface area contributed by atoms with Gasteiger partial charge in [0.1, 0.15) is 0 Å². The maximum Gasteiger partial charge on any atom is 0.227 e. The van der Waals surface area contributed by atoms with Gasteiger partial charge >= 0.3 is 0 Å². The van der Waals surface area contributed by atoms with Crippen molar-refractivity contribution in [2.24, 2.45) is 0 Å². The van der Waals surface area contributed by atoms with E-state index >= 15 is 0 Å². The molecule has 17 heavy (non-hydrogen) atoms. The lowest BCUT2D eigenvalue weighted by Gasteiger charge is -2.32. The summed E-state index contributed by atoms with van der Waals surface area (Å²) in [6.45, 7) is 3.24. The third kappa shape index (κ3) is 4.09. The Labute approximate surface area is 103 Å². The number of hydrogen-bond donors (Lipinski definition) is 1. The molecule has 1 aliphatic rings. The summed E-state index contributed by atoms with van der Waals surface area (Å²) < 4.78 is 4.94. The molecule has 0 bridgehead atoms. The molecule has 96 valence electrons. The molecule has 1 atom stereocenters. The molecule has 0 spiro atoms. The van der Waals surface area contributed by atoms with E-state index in [1.807, 2.05) is 0 Å². The van der Waals surface area contributed by atoms with Crippen molar-refractivity contribution in [2.45, 2.75) is 38.1 Å². The Hall–Kier alpha value is -0.940. The molecule has 1 aliphatic heterocycles. The van der Waals surface area contributed by atoms with Gasteiger partial charge in [0.2, 0.25) is 5.89 Å². The highest BCUT2D eigenvalue weighted by molar-refractivity contribution is 4.77. The second-order valence-electron chi connectivity index (χ2n) is 4.75. The largest absolute Gasteiger partial charge is 0.340 e. The normalized spacial score (nSPS) is 21.8. The van der Waals surface area contributed by atoms with Gasteiger partial charge in [-0.2, -0.15) is 4.98 Å². The first-order chi connectivity index (χ1) is 8.36. The van der Waals surface area contributed by atoms with Gasteiger partial charge in [-0.15, -0.1) is 0 Å². The van der Waals surface area contributed by atoms with E-state index in [9.17, 15) is 0 Å². The van der Waals surface area contributed by atoms with Crippen LogP contribution in [0, 0.1) is 0 Å². The van der Waals surface area contributed by atoms with Crippen LogP contribution < -0.4 is 5.32 Å². The monoisotopic (exact) mass is 238 g/mol. The number of nitrogens with zero attached hydrogens (tertiary/aromatic N) is 3. The Balaban J connectivity index is 1.53. The molecule has 1 saturated heterocycles. The van der Waals surface area contributed by atoms with Crippen LogP contribution in [0.15, 0.2) is 10.9 Å². The Kier molecular flexibility index (Phi) is 4.94. The van der Waals surface area contributed by atoms with E-state index in [1.165, 1.54) is 38.6 Å². The van der Waals surface area contributed by atoms with Gasteiger partial charge in [0, 0.05) is 19.0 Å². The van der Waals surface area contributed by atoms with Gasteiger partial charge in [-0.3, -0.25) is 0 Å². The van der Waals surface area contributed by atoms with Crippen molar-refractivity contribution in [2.75, 3.05) is 26.7 Å². The summed E-state index contributed by atoms with van der Waals surface area (Å²) in [6, 6.07) is 0.764. The molecule has 0 radical (unpaired) electrons. The van der Waals surface area contributed by atoms with Gasteiger partial charge in [0.05, 0.1) is 0 Å². The highest BCUT2D eigenvalue weighted by Gasteiger charge is 2.17. The maximum absolute atomic E-state index is 4.94. The smallest absolute Gasteiger partial charge is 0.227 e. The first kappa shape index (κ1) is 12.5. The molecule has 2 heterocycles. The van der Waals surface area contributed by atoms with Crippen LogP contribution in [-0.2, 0) is 6.42 Å². The zero-order valence-corrected chi connectivity index (χ0v) is 10.6. The van der Waals surface area contributed by atoms with Gasteiger partial charge in [0.25, 0.3) is 0 Å². The topological polar surface area (TPSA) is 54.2 Å². The van der Waals surface area contributed by atoms with Crippen LogP contribution >= 0.6 is 0 Å².